The van der Waals surface area contributed by atoms with Crippen molar-refractivity contribution in [2.24, 2.45) is 5.92 Å². The van der Waals surface area contributed by atoms with Crippen molar-refractivity contribution in [1.29, 1.82) is 0 Å². The van der Waals surface area contributed by atoms with Crippen LogP contribution < -0.4 is 4.90 Å². The number of nitrogens with zero attached hydrogens (tertiary/aromatic N) is 4. The first kappa shape index (κ1) is 15.3. The molecule has 1 saturated heterocycles. The van der Waals surface area contributed by atoms with Gasteiger partial charge < -0.3 is 10.0 Å². The molecular formula is C17H19N5OS. The molecule has 1 aromatic carbocycles. The molecule has 0 radical (unpaired) electrons. The van der Waals surface area contributed by atoms with Gasteiger partial charge >= 0.3 is 0 Å². The predicted octanol–water partition coefficient (Wildman–Crippen LogP) is 2.28. The van der Waals surface area contributed by atoms with Gasteiger partial charge in [-0.1, -0.05) is 41.7 Å². The van der Waals surface area contributed by atoms with Crippen LogP contribution in [0.3, 0.4) is 0 Å². The van der Waals surface area contributed by atoms with Crippen LogP contribution in [0.4, 0.5) is 5.13 Å². The van der Waals surface area contributed by atoms with Gasteiger partial charge in [-0.05, 0) is 19.4 Å². The van der Waals surface area contributed by atoms with E-state index < -0.39 is 0 Å². The topological polar surface area (TPSA) is 77.9 Å². The van der Waals surface area contributed by atoms with Crippen molar-refractivity contribution in [3.05, 3.63) is 47.8 Å². The van der Waals surface area contributed by atoms with Crippen LogP contribution in [-0.4, -0.2) is 44.7 Å². The lowest BCUT2D eigenvalue weighted by atomic mass is 10.0. The molecule has 1 aliphatic heterocycles. The number of aliphatic hydroxyl groups is 1. The molecule has 1 fully saturated rings. The van der Waals surface area contributed by atoms with Crippen LogP contribution in [0.5, 0.6) is 0 Å². The van der Waals surface area contributed by atoms with Crippen LogP contribution in [0.2, 0.25) is 0 Å². The second-order valence-corrected chi connectivity index (χ2v) is 7.19. The molecule has 6 nitrogen and oxygen atoms in total. The number of aryl methyl sites for hydroxylation is 1. The zero-order valence-electron chi connectivity index (χ0n) is 13.4. The summed E-state index contributed by atoms with van der Waals surface area (Å²) in [6.07, 6.45) is 0.401. The molecule has 0 saturated carbocycles. The summed E-state index contributed by atoms with van der Waals surface area (Å²) in [5.41, 5.74) is 3.12. The Morgan fingerprint density at radius 1 is 1.25 bits per heavy atom. The van der Waals surface area contributed by atoms with Crippen molar-refractivity contribution in [2.45, 2.75) is 19.4 Å². The van der Waals surface area contributed by atoms with Crippen LogP contribution in [0.25, 0.3) is 10.6 Å². The summed E-state index contributed by atoms with van der Waals surface area (Å²) in [7, 11) is 0. The molecule has 24 heavy (non-hydrogen) atoms. The number of hydrogen-bond donors (Lipinski definition) is 2. The number of rotatable bonds is 4. The number of aromatic amines is 1. The van der Waals surface area contributed by atoms with Gasteiger partial charge in [-0.2, -0.15) is 5.10 Å². The van der Waals surface area contributed by atoms with Crippen molar-refractivity contribution in [3.8, 4) is 10.6 Å². The molecule has 3 aromatic rings. The van der Waals surface area contributed by atoms with E-state index in [4.69, 9.17) is 0 Å². The fourth-order valence-electron chi connectivity index (χ4n) is 3.10. The standard InChI is InChI=1S/C17H19N5OS/c1-11-7-14(19-18-11)8-13-9-22(10-15(13)23)17-21-20-16(24-17)12-5-3-2-4-6-12/h2-7,13,15,23H,8-10H2,1H3,(H,18,19)/t13-,15+/m1/s1. The summed E-state index contributed by atoms with van der Waals surface area (Å²) < 4.78 is 0. The van der Waals surface area contributed by atoms with Gasteiger partial charge in [0, 0.05) is 30.3 Å². The summed E-state index contributed by atoms with van der Waals surface area (Å²) in [6.45, 7) is 3.36. The van der Waals surface area contributed by atoms with E-state index in [-0.39, 0.29) is 12.0 Å². The molecular weight excluding hydrogens is 322 g/mol. The van der Waals surface area contributed by atoms with Crippen molar-refractivity contribution in [1.82, 2.24) is 20.4 Å². The van der Waals surface area contributed by atoms with Crippen molar-refractivity contribution >= 4 is 16.5 Å². The molecule has 0 unspecified atom stereocenters. The number of benzene rings is 1. The van der Waals surface area contributed by atoms with Gasteiger partial charge in [-0.15, -0.1) is 10.2 Å². The molecule has 7 heteroatoms. The van der Waals surface area contributed by atoms with E-state index in [0.717, 1.165) is 40.1 Å². The Balaban J connectivity index is 1.47. The Bertz CT molecular complexity index is 815. The molecule has 0 amide bonds. The Morgan fingerprint density at radius 3 is 2.83 bits per heavy atom. The van der Waals surface area contributed by atoms with Gasteiger partial charge in [0.05, 0.1) is 11.8 Å². The lowest BCUT2D eigenvalue weighted by Crippen LogP contribution is -2.20. The minimum Gasteiger partial charge on any atom is -0.391 e. The molecule has 2 aromatic heterocycles. The summed E-state index contributed by atoms with van der Waals surface area (Å²) in [5, 5.41) is 28.0. The minimum absolute atomic E-state index is 0.164. The summed E-state index contributed by atoms with van der Waals surface area (Å²) in [5.74, 6) is 0.164. The van der Waals surface area contributed by atoms with E-state index in [2.05, 4.69) is 25.3 Å². The maximum absolute atomic E-state index is 10.4. The number of hydrogen-bond acceptors (Lipinski definition) is 6. The molecule has 124 valence electrons. The van der Waals surface area contributed by atoms with Gasteiger partial charge in [0.25, 0.3) is 0 Å². The van der Waals surface area contributed by atoms with Gasteiger partial charge in [0.2, 0.25) is 5.13 Å². The lowest BCUT2D eigenvalue weighted by Gasteiger charge is -2.13. The molecule has 2 N–H and O–H groups in total. The maximum Gasteiger partial charge on any atom is 0.208 e. The first-order valence-corrected chi connectivity index (χ1v) is 8.83. The monoisotopic (exact) mass is 341 g/mol. The zero-order valence-corrected chi connectivity index (χ0v) is 14.2. The van der Waals surface area contributed by atoms with Crippen LogP contribution >= 0.6 is 11.3 Å². The van der Waals surface area contributed by atoms with Crippen LogP contribution in [-0.2, 0) is 6.42 Å². The molecule has 1 aliphatic rings. The van der Waals surface area contributed by atoms with Crippen LogP contribution in [0.1, 0.15) is 11.4 Å². The number of aliphatic hydroxyl groups excluding tert-OH is 1. The highest BCUT2D eigenvalue weighted by Crippen LogP contribution is 2.32. The summed E-state index contributed by atoms with van der Waals surface area (Å²) >= 11 is 1.57. The molecule has 2 atom stereocenters. The SMILES string of the molecule is Cc1cc(C[C@@H]2CN(c3nnc(-c4ccccc4)s3)C[C@@H]2O)n[nH]1. The highest BCUT2D eigenvalue weighted by atomic mass is 32.1. The van der Waals surface area contributed by atoms with Gasteiger partial charge in [-0.25, -0.2) is 0 Å². The third-order valence-corrected chi connectivity index (χ3v) is 5.38. The maximum atomic E-state index is 10.4. The second-order valence-electron chi connectivity index (χ2n) is 6.23. The molecule has 3 heterocycles. The molecule has 4 rings (SSSR count). The fraction of sp³-hybridized carbons (Fsp3) is 0.353. The van der Waals surface area contributed by atoms with Gasteiger partial charge in [0.15, 0.2) is 0 Å². The van der Waals surface area contributed by atoms with Crippen LogP contribution in [0, 0.1) is 12.8 Å². The normalized spacial score (nSPS) is 20.7. The van der Waals surface area contributed by atoms with E-state index in [9.17, 15) is 5.11 Å². The number of β-amino-alcohol motifs (C(OH)–C–C–N with tert-alkyl or cyclic N) is 1. The van der Waals surface area contributed by atoms with E-state index in [1.807, 2.05) is 43.3 Å². The third-order valence-electron chi connectivity index (χ3n) is 4.34. The first-order chi connectivity index (χ1) is 11.7. The van der Waals surface area contributed by atoms with E-state index in [0.29, 0.717) is 6.54 Å². The summed E-state index contributed by atoms with van der Waals surface area (Å²) in [4.78, 5) is 2.12. The average Bonchev–Trinajstić information content (AvgIpc) is 3.30. The van der Waals surface area contributed by atoms with Gasteiger partial charge in [0.1, 0.15) is 5.01 Å². The Morgan fingerprint density at radius 2 is 2.08 bits per heavy atom. The van der Waals surface area contributed by atoms with Crippen molar-refractivity contribution < 1.29 is 5.11 Å². The number of H-pyrrole nitrogens is 1. The van der Waals surface area contributed by atoms with E-state index in [1.54, 1.807) is 11.3 Å². The third kappa shape index (κ3) is 3.05. The lowest BCUT2D eigenvalue weighted by molar-refractivity contribution is 0.148. The van der Waals surface area contributed by atoms with Gasteiger partial charge in [-0.3, -0.25) is 5.10 Å². The largest absolute Gasteiger partial charge is 0.391 e. The predicted molar refractivity (Wildman–Crippen MR) is 94.1 cm³/mol. The minimum atomic E-state index is -0.369. The highest BCUT2D eigenvalue weighted by Gasteiger charge is 2.33. The smallest absolute Gasteiger partial charge is 0.208 e. The Labute approximate surface area is 144 Å². The molecule has 0 spiro atoms. The van der Waals surface area contributed by atoms with Crippen molar-refractivity contribution in [2.75, 3.05) is 18.0 Å². The average molecular weight is 341 g/mol. The number of anilines is 1. The summed E-state index contributed by atoms with van der Waals surface area (Å²) in [6, 6.07) is 12.1. The quantitative estimate of drug-likeness (QED) is 0.761. The van der Waals surface area contributed by atoms with E-state index in [1.165, 1.54) is 0 Å². The molecule has 0 bridgehead atoms. The first-order valence-electron chi connectivity index (χ1n) is 8.02. The second kappa shape index (κ2) is 6.33. The molecule has 0 aliphatic carbocycles. The van der Waals surface area contributed by atoms with Crippen LogP contribution in [0.15, 0.2) is 36.4 Å². The zero-order chi connectivity index (χ0) is 16.5. The Kier molecular flexibility index (Phi) is 4.03. The Hall–Kier alpha value is -2.25. The number of nitrogens with one attached hydrogen (secondary N) is 1. The van der Waals surface area contributed by atoms with E-state index >= 15 is 0 Å². The van der Waals surface area contributed by atoms with Crippen molar-refractivity contribution in [3.63, 3.8) is 0 Å². The number of aromatic nitrogens is 4. The fourth-order valence-corrected chi connectivity index (χ4v) is 3.97. The highest BCUT2D eigenvalue weighted by molar-refractivity contribution is 7.18.